The van der Waals surface area contributed by atoms with E-state index >= 15 is 0 Å². The second-order valence-corrected chi connectivity index (χ2v) is 8.08. The number of rotatable bonds is 6. The summed E-state index contributed by atoms with van der Waals surface area (Å²) < 4.78 is 5.28. The number of carbonyl (C=O) groups is 3. The molecule has 8 heteroatoms. The number of carboxylic acids is 1. The van der Waals surface area contributed by atoms with Gasteiger partial charge in [-0.2, -0.15) is 0 Å². The molecule has 2 amide bonds. The molecule has 34 heavy (non-hydrogen) atoms. The summed E-state index contributed by atoms with van der Waals surface area (Å²) in [5, 5.41) is 10.0. The lowest BCUT2D eigenvalue weighted by molar-refractivity contribution is -0.302. The van der Waals surface area contributed by atoms with Crippen molar-refractivity contribution in [2.24, 2.45) is 0 Å². The first kappa shape index (κ1) is 24.8. The van der Waals surface area contributed by atoms with E-state index in [-0.39, 0.29) is 11.8 Å². The van der Waals surface area contributed by atoms with Crippen LogP contribution in [0.15, 0.2) is 54.7 Å². The quantitative estimate of drug-likeness (QED) is 0.602. The van der Waals surface area contributed by atoms with Gasteiger partial charge in [0, 0.05) is 54.3 Å². The molecular formula is C26H30N3O5-. The molecule has 8 nitrogen and oxygen atoms in total. The fourth-order valence-corrected chi connectivity index (χ4v) is 4.20. The number of aromatic amines is 1. The number of carbonyl (C=O) groups excluding carboxylic acids is 3. The molecule has 0 spiro atoms. The minimum absolute atomic E-state index is 0.0366. The zero-order valence-corrected chi connectivity index (χ0v) is 19.7. The Kier molecular flexibility index (Phi) is 8.29. The molecule has 2 heterocycles. The molecule has 1 aliphatic rings. The third-order valence-corrected chi connectivity index (χ3v) is 5.88. The average Bonchev–Trinajstić information content (AvgIpc) is 3.25. The number of aliphatic carboxylic acids is 1. The third-order valence-electron chi connectivity index (χ3n) is 5.88. The number of nitrogens with one attached hydrogen (secondary N) is 1. The van der Waals surface area contributed by atoms with Gasteiger partial charge in [0.05, 0.1) is 7.11 Å². The van der Waals surface area contributed by atoms with Gasteiger partial charge in [0.2, 0.25) is 5.91 Å². The zero-order valence-electron chi connectivity index (χ0n) is 19.7. The van der Waals surface area contributed by atoms with Crippen molar-refractivity contribution >= 4 is 28.7 Å². The third kappa shape index (κ3) is 5.75. The summed E-state index contributed by atoms with van der Waals surface area (Å²) in [4.78, 5) is 41.8. The summed E-state index contributed by atoms with van der Waals surface area (Å²) in [5.41, 5.74) is 2.84. The van der Waals surface area contributed by atoms with Gasteiger partial charge in [-0.15, -0.1) is 0 Å². The van der Waals surface area contributed by atoms with Gasteiger partial charge in [-0.25, -0.2) is 0 Å². The fourth-order valence-electron chi connectivity index (χ4n) is 4.20. The van der Waals surface area contributed by atoms with Crippen molar-refractivity contribution < 1.29 is 24.2 Å². The van der Waals surface area contributed by atoms with Gasteiger partial charge in [0.15, 0.2) is 0 Å². The Balaban J connectivity index is 0.000000751. The smallest absolute Gasteiger partial charge is 0.254 e. The van der Waals surface area contributed by atoms with Crippen LogP contribution in [0.2, 0.25) is 0 Å². The van der Waals surface area contributed by atoms with E-state index in [1.807, 2.05) is 54.4 Å². The first-order valence-electron chi connectivity index (χ1n) is 11.3. The Hall–Kier alpha value is -3.81. The molecule has 1 saturated heterocycles. The molecule has 0 radical (unpaired) electrons. The van der Waals surface area contributed by atoms with E-state index in [2.05, 4.69) is 4.98 Å². The van der Waals surface area contributed by atoms with Crippen molar-refractivity contribution in [3.8, 4) is 5.75 Å². The summed E-state index contributed by atoms with van der Waals surface area (Å²) in [6.45, 7) is 4.69. The Morgan fingerprint density at radius 1 is 1.15 bits per heavy atom. The highest BCUT2D eigenvalue weighted by Gasteiger charge is 2.36. The molecule has 2 aromatic carbocycles. The predicted octanol–water partition coefficient (Wildman–Crippen LogP) is 2.24. The number of hydrogen-bond donors (Lipinski definition) is 1. The van der Waals surface area contributed by atoms with Gasteiger partial charge in [0.25, 0.3) is 5.91 Å². The number of fused-ring (bicyclic) bond motifs is 1. The van der Waals surface area contributed by atoms with Crippen LogP contribution in [0.4, 0.5) is 0 Å². The van der Waals surface area contributed by atoms with Crippen molar-refractivity contribution in [1.82, 2.24) is 14.8 Å². The first-order valence-corrected chi connectivity index (χ1v) is 11.3. The van der Waals surface area contributed by atoms with E-state index in [4.69, 9.17) is 14.6 Å². The molecule has 3 aromatic rings. The van der Waals surface area contributed by atoms with E-state index in [0.29, 0.717) is 31.6 Å². The molecule has 1 unspecified atom stereocenters. The molecule has 1 aliphatic heterocycles. The van der Waals surface area contributed by atoms with Crippen molar-refractivity contribution in [1.29, 1.82) is 0 Å². The molecule has 0 saturated carbocycles. The topological polar surface area (TPSA) is 106 Å². The summed E-state index contributed by atoms with van der Waals surface area (Å²) in [6, 6.07) is 14.8. The summed E-state index contributed by atoms with van der Waals surface area (Å²) in [5.74, 6) is -0.299. The first-order chi connectivity index (χ1) is 16.3. The molecule has 0 bridgehead atoms. The largest absolute Gasteiger partial charge is 0.550 e. The predicted molar refractivity (Wildman–Crippen MR) is 127 cm³/mol. The maximum absolute atomic E-state index is 13.1. The lowest BCUT2D eigenvalue weighted by Gasteiger charge is -2.40. The average molecular weight is 465 g/mol. The Morgan fingerprint density at radius 2 is 1.85 bits per heavy atom. The van der Waals surface area contributed by atoms with Gasteiger partial charge in [-0.05, 0) is 49.6 Å². The van der Waals surface area contributed by atoms with Gasteiger partial charge >= 0.3 is 0 Å². The van der Waals surface area contributed by atoms with Crippen molar-refractivity contribution in [3.63, 3.8) is 0 Å². The van der Waals surface area contributed by atoms with Crippen LogP contribution < -0.4 is 9.84 Å². The standard InChI is InChI=1S/C24H27N3O3.C2H4O2/c1-3-22-24(29)26(13-14-27(22)23(28)17-7-5-4-6-8-17)12-11-18-16-25-21-15-19(30-2)9-10-20(18)21;1-2(3)4/h4-10,15-16,22,25H,3,11-14H2,1-2H3;1H3,(H,3,4)/p-1. The van der Waals surface area contributed by atoms with Gasteiger partial charge in [0.1, 0.15) is 11.8 Å². The van der Waals surface area contributed by atoms with Crippen LogP contribution >= 0.6 is 0 Å². The zero-order chi connectivity index (χ0) is 24.7. The second kappa shape index (κ2) is 11.4. The minimum Gasteiger partial charge on any atom is -0.550 e. The minimum atomic E-state index is -1.08. The molecule has 1 N–H and O–H groups in total. The number of ether oxygens (including phenoxy) is 1. The van der Waals surface area contributed by atoms with Gasteiger partial charge in [-0.3, -0.25) is 9.59 Å². The van der Waals surface area contributed by atoms with Crippen molar-refractivity contribution in [2.45, 2.75) is 32.7 Å². The van der Waals surface area contributed by atoms with E-state index in [0.717, 1.165) is 30.0 Å². The molecule has 1 fully saturated rings. The van der Waals surface area contributed by atoms with E-state index < -0.39 is 12.0 Å². The highest BCUT2D eigenvalue weighted by atomic mass is 16.5. The number of H-pyrrole nitrogens is 1. The van der Waals surface area contributed by atoms with Crippen LogP contribution in [0, 0.1) is 0 Å². The molecule has 1 atom stereocenters. The second-order valence-electron chi connectivity index (χ2n) is 8.08. The van der Waals surface area contributed by atoms with Gasteiger partial charge in [-0.1, -0.05) is 25.1 Å². The number of piperazine rings is 1. The normalized spacial score (nSPS) is 15.6. The number of hydrogen-bond acceptors (Lipinski definition) is 5. The Labute approximate surface area is 199 Å². The maximum atomic E-state index is 13.1. The number of nitrogens with zero attached hydrogens (tertiary/aromatic N) is 2. The van der Waals surface area contributed by atoms with Crippen molar-refractivity contribution in [3.05, 3.63) is 65.9 Å². The summed E-state index contributed by atoms with van der Waals surface area (Å²) >= 11 is 0. The van der Waals surface area contributed by atoms with E-state index in [1.54, 1.807) is 24.1 Å². The number of methoxy groups -OCH3 is 1. The molecule has 0 aliphatic carbocycles. The molecule has 1 aromatic heterocycles. The lowest BCUT2D eigenvalue weighted by atomic mass is 10.0. The molecule has 180 valence electrons. The van der Waals surface area contributed by atoms with Crippen LogP contribution in [0.5, 0.6) is 5.75 Å². The Bertz CT molecular complexity index is 1140. The number of benzene rings is 2. The highest BCUT2D eigenvalue weighted by Crippen LogP contribution is 2.24. The van der Waals surface area contributed by atoms with Crippen molar-refractivity contribution in [2.75, 3.05) is 26.7 Å². The fraction of sp³-hybridized carbons (Fsp3) is 0.346. The maximum Gasteiger partial charge on any atom is 0.254 e. The summed E-state index contributed by atoms with van der Waals surface area (Å²) in [7, 11) is 1.66. The molecule has 4 rings (SSSR count). The number of aromatic nitrogens is 1. The van der Waals surface area contributed by atoms with E-state index in [1.165, 1.54) is 5.56 Å². The van der Waals surface area contributed by atoms with Crippen LogP contribution in [-0.2, 0) is 16.0 Å². The number of amides is 2. The highest BCUT2D eigenvalue weighted by molar-refractivity contribution is 5.98. The number of carboxylic acid groups (broad SMARTS) is 1. The van der Waals surface area contributed by atoms with E-state index in [9.17, 15) is 9.59 Å². The van der Waals surface area contributed by atoms with Gasteiger partial charge < -0.3 is 29.4 Å². The lowest BCUT2D eigenvalue weighted by Crippen LogP contribution is -2.58. The summed E-state index contributed by atoms with van der Waals surface area (Å²) in [6.07, 6.45) is 3.38. The van der Waals surface area contributed by atoms with Crippen LogP contribution in [-0.4, -0.2) is 65.4 Å². The Morgan fingerprint density at radius 3 is 2.50 bits per heavy atom. The van der Waals surface area contributed by atoms with Crippen LogP contribution in [0.3, 0.4) is 0 Å². The van der Waals surface area contributed by atoms with Crippen LogP contribution in [0.1, 0.15) is 36.2 Å². The monoisotopic (exact) mass is 464 g/mol. The molecular weight excluding hydrogens is 434 g/mol. The SMILES string of the molecule is CC(=O)[O-].CCC1C(=O)N(CCc2c[nH]c3cc(OC)ccc23)CCN1C(=O)c1ccccc1. The van der Waals surface area contributed by atoms with Crippen LogP contribution in [0.25, 0.3) is 10.9 Å².